The minimum atomic E-state index is -0.216. The number of benzene rings is 1. The lowest BCUT2D eigenvalue weighted by atomic mass is 9.89. The van der Waals surface area contributed by atoms with Crippen molar-refractivity contribution < 1.29 is 14.1 Å². The van der Waals surface area contributed by atoms with E-state index in [0.717, 1.165) is 25.7 Å². The number of nitrogens with zero attached hydrogens (tertiary/aromatic N) is 3. The molecule has 2 unspecified atom stereocenters. The van der Waals surface area contributed by atoms with Crippen molar-refractivity contribution in [3.05, 3.63) is 47.6 Å². The van der Waals surface area contributed by atoms with Gasteiger partial charge < -0.3 is 14.2 Å². The second-order valence-corrected chi connectivity index (χ2v) is 7.00. The van der Waals surface area contributed by atoms with Crippen molar-refractivity contribution in [2.45, 2.75) is 50.5 Å². The van der Waals surface area contributed by atoms with Gasteiger partial charge in [-0.2, -0.15) is 4.98 Å². The second kappa shape index (κ2) is 6.86. The van der Waals surface area contributed by atoms with Crippen LogP contribution in [0.2, 0.25) is 0 Å². The number of likely N-dealkylation sites (tertiary alicyclic amines) is 1. The van der Waals surface area contributed by atoms with Crippen LogP contribution in [0.1, 0.15) is 54.8 Å². The molecule has 0 spiro atoms. The number of hydrogen-bond donors (Lipinski definition) is 0. The van der Waals surface area contributed by atoms with Crippen LogP contribution in [0.5, 0.6) is 0 Å². The first kappa shape index (κ1) is 16.1. The number of aromatic nitrogens is 2. The zero-order valence-corrected chi connectivity index (χ0v) is 14.4. The summed E-state index contributed by atoms with van der Waals surface area (Å²) >= 11 is 0. The SMILES string of the molecule is Cc1noc(C2CN(C(=O)OC3CCCC3)CC2c2ccccc2)n1. The van der Waals surface area contributed by atoms with Crippen LogP contribution in [0.25, 0.3) is 0 Å². The van der Waals surface area contributed by atoms with E-state index in [1.807, 2.05) is 25.1 Å². The third kappa shape index (κ3) is 3.38. The quantitative estimate of drug-likeness (QED) is 0.852. The van der Waals surface area contributed by atoms with Crippen LogP contribution >= 0.6 is 0 Å². The molecule has 1 aromatic heterocycles. The first-order chi connectivity index (χ1) is 12.2. The highest BCUT2D eigenvalue weighted by atomic mass is 16.6. The van der Waals surface area contributed by atoms with Crippen LogP contribution in [0.4, 0.5) is 4.79 Å². The van der Waals surface area contributed by atoms with Gasteiger partial charge in [0.1, 0.15) is 6.10 Å². The minimum Gasteiger partial charge on any atom is -0.446 e. The van der Waals surface area contributed by atoms with Crippen molar-refractivity contribution in [1.29, 1.82) is 0 Å². The molecule has 0 bridgehead atoms. The van der Waals surface area contributed by atoms with Gasteiger partial charge in [-0.25, -0.2) is 4.79 Å². The summed E-state index contributed by atoms with van der Waals surface area (Å²) in [6, 6.07) is 10.2. The molecule has 2 fully saturated rings. The molecule has 1 saturated carbocycles. The lowest BCUT2D eigenvalue weighted by Gasteiger charge is -2.19. The third-order valence-corrected chi connectivity index (χ3v) is 5.24. The number of hydrogen-bond acceptors (Lipinski definition) is 5. The maximum absolute atomic E-state index is 12.6. The van der Waals surface area contributed by atoms with E-state index in [2.05, 4.69) is 22.3 Å². The van der Waals surface area contributed by atoms with Gasteiger partial charge in [-0.1, -0.05) is 35.5 Å². The van der Waals surface area contributed by atoms with E-state index in [-0.39, 0.29) is 24.0 Å². The molecular formula is C19H23N3O3. The molecule has 1 aromatic carbocycles. The van der Waals surface area contributed by atoms with Gasteiger partial charge in [-0.15, -0.1) is 0 Å². The first-order valence-corrected chi connectivity index (χ1v) is 9.01. The molecule has 0 radical (unpaired) electrons. The summed E-state index contributed by atoms with van der Waals surface area (Å²) in [6.45, 7) is 2.97. The second-order valence-electron chi connectivity index (χ2n) is 7.00. The fourth-order valence-electron chi connectivity index (χ4n) is 3.93. The Morgan fingerprint density at radius 2 is 1.88 bits per heavy atom. The van der Waals surface area contributed by atoms with Gasteiger partial charge in [0.25, 0.3) is 0 Å². The van der Waals surface area contributed by atoms with E-state index in [4.69, 9.17) is 9.26 Å². The average Bonchev–Trinajstić information content (AvgIpc) is 3.35. The van der Waals surface area contributed by atoms with E-state index in [9.17, 15) is 4.79 Å². The van der Waals surface area contributed by atoms with Gasteiger partial charge in [0.2, 0.25) is 5.89 Å². The first-order valence-electron chi connectivity index (χ1n) is 9.01. The molecule has 25 heavy (non-hydrogen) atoms. The van der Waals surface area contributed by atoms with Crippen molar-refractivity contribution in [3.8, 4) is 0 Å². The number of amides is 1. The van der Waals surface area contributed by atoms with E-state index in [1.54, 1.807) is 4.90 Å². The van der Waals surface area contributed by atoms with Crippen molar-refractivity contribution in [1.82, 2.24) is 15.0 Å². The molecule has 1 saturated heterocycles. The van der Waals surface area contributed by atoms with Crippen LogP contribution in [-0.4, -0.2) is 40.3 Å². The number of ether oxygens (including phenoxy) is 1. The van der Waals surface area contributed by atoms with Gasteiger partial charge in [0.15, 0.2) is 5.82 Å². The van der Waals surface area contributed by atoms with Gasteiger partial charge in [-0.3, -0.25) is 0 Å². The maximum Gasteiger partial charge on any atom is 0.410 e. The molecule has 1 aliphatic carbocycles. The van der Waals surface area contributed by atoms with Gasteiger partial charge in [0.05, 0.1) is 5.92 Å². The fourth-order valence-corrected chi connectivity index (χ4v) is 3.93. The lowest BCUT2D eigenvalue weighted by molar-refractivity contribution is 0.0708. The summed E-state index contributed by atoms with van der Waals surface area (Å²) in [7, 11) is 0. The topological polar surface area (TPSA) is 68.5 Å². The third-order valence-electron chi connectivity index (χ3n) is 5.24. The van der Waals surface area contributed by atoms with E-state index < -0.39 is 0 Å². The van der Waals surface area contributed by atoms with Crippen LogP contribution in [-0.2, 0) is 4.74 Å². The molecule has 0 N–H and O–H groups in total. The fraction of sp³-hybridized carbons (Fsp3) is 0.526. The van der Waals surface area contributed by atoms with Crippen molar-refractivity contribution >= 4 is 6.09 Å². The van der Waals surface area contributed by atoms with Gasteiger partial charge in [-0.05, 0) is 38.2 Å². The Morgan fingerprint density at radius 1 is 1.16 bits per heavy atom. The Hall–Kier alpha value is -2.37. The standard InChI is InChI=1S/C19H23N3O3/c1-13-20-18(25-21-13)17-12-22(19(23)24-15-9-5-6-10-15)11-16(17)14-7-3-2-4-8-14/h2-4,7-8,15-17H,5-6,9-12H2,1H3. The van der Waals surface area contributed by atoms with Crippen LogP contribution in [0.3, 0.4) is 0 Å². The predicted octanol–water partition coefficient (Wildman–Crippen LogP) is 3.64. The molecule has 6 heteroatoms. The smallest absolute Gasteiger partial charge is 0.410 e. The molecule has 1 amide bonds. The van der Waals surface area contributed by atoms with E-state index in [0.29, 0.717) is 24.8 Å². The zero-order valence-electron chi connectivity index (χ0n) is 14.4. The number of aryl methyl sites for hydroxylation is 1. The molecular weight excluding hydrogens is 318 g/mol. The van der Waals surface area contributed by atoms with Crippen LogP contribution < -0.4 is 0 Å². The maximum atomic E-state index is 12.6. The summed E-state index contributed by atoms with van der Waals surface area (Å²) in [5.74, 6) is 1.35. The Balaban J connectivity index is 1.54. The Bertz CT molecular complexity index is 725. The number of carbonyl (C=O) groups excluding carboxylic acids is 1. The molecule has 6 nitrogen and oxygen atoms in total. The highest BCUT2D eigenvalue weighted by molar-refractivity contribution is 5.68. The van der Waals surface area contributed by atoms with Crippen LogP contribution in [0, 0.1) is 6.92 Å². The lowest BCUT2D eigenvalue weighted by Crippen LogP contribution is -2.32. The highest BCUT2D eigenvalue weighted by Gasteiger charge is 2.41. The summed E-state index contributed by atoms with van der Waals surface area (Å²) in [5, 5.41) is 3.92. The average molecular weight is 341 g/mol. The van der Waals surface area contributed by atoms with Crippen molar-refractivity contribution in [2.75, 3.05) is 13.1 Å². The largest absolute Gasteiger partial charge is 0.446 e. The summed E-state index contributed by atoms with van der Waals surface area (Å²) < 4.78 is 11.1. The summed E-state index contributed by atoms with van der Waals surface area (Å²) in [5.41, 5.74) is 1.18. The summed E-state index contributed by atoms with van der Waals surface area (Å²) in [4.78, 5) is 18.8. The molecule has 2 atom stereocenters. The molecule has 132 valence electrons. The van der Waals surface area contributed by atoms with Gasteiger partial charge >= 0.3 is 6.09 Å². The molecule has 1 aliphatic heterocycles. The van der Waals surface area contributed by atoms with Crippen LogP contribution in [0.15, 0.2) is 34.9 Å². The minimum absolute atomic E-state index is 0.000252. The number of carbonyl (C=O) groups is 1. The Morgan fingerprint density at radius 3 is 2.56 bits per heavy atom. The van der Waals surface area contributed by atoms with E-state index in [1.165, 1.54) is 5.56 Å². The summed E-state index contributed by atoms with van der Waals surface area (Å²) in [6.07, 6.45) is 4.11. The van der Waals surface area contributed by atoms with Crippen molar-refractivity contribution in [3.63, 3.8) is 0 Å². The molecule has 2 aromatic rings. The Kier molecular flexibility index (Phi) is 4.42. The molecule has 2 aliphatic rings. The molecule has 2 heterocycles. The highest BCUT2D eigenvalue weighted by Crippen LogP contribution is 2.39. The van der Waals surface area contributed by atoms with E-state index >= 15 is 0 Å². The molecule has 4 rings (SSSR count). The Labute approximate surface area is 147 Å². The zero-order chi connectivity index (χ0) is 17.2. The van der Waals surface area contributed by atoms with Crippen molar-refractivity contribution in [2.24, 2.45) is 0 Å². The monoisotopic (exact) mass is 341 g/mol. The predicted molar refractivity (Wildman–Crippen MR) is 91.3 cm³/mol. The van der Waals surface area contributed by atoms with Gasteiger partial charge in [0, 0.05) is 19.0 Å². The normalized spacial score (nSPS) is 24.0. The number of rotatable bonds is 3.